The second kappa shape index (κ2) is 7.94. The Morgan fingerprint density at radius 1 is 1.32 bits per heavy atom. The van der Waals surface area contributed by atoms with Crippen molar-refractivity contribution >= 4 is 24.3 Å². The summed E-state index contributed by atoms with van der Waals surface area (Å²) in [5, 5.41) is 9.54. The van der Waals surface area contributed by atoms with Gasteiger partial charge < -0.3 is 22.3 Å². The normalized spacial score (nSPS) is 13.5. The summed E-state index contributed by atoms with van der Waals surface area (Å²) in [6.07, 6.45) is 4.01. The Morgan fingerprint density at radius 2 is 2.00 bits per heavy atom. The third kappa shape index (κ3) is 4.42. The second-order valence-corrected chi connectivity index (χ2v) is 4.77. The number of benzene rings is 1. The van der Waals surface area contributed by atoms with E-state index in [1.54, 1.807) is 24.3 Å². The molecule has 1 aromatic carbocycles. The van der Waals surface area contributed by atoms with Gasteiger partial charge in [-0.2, -0.15) is 0 Å². The fraction of sp³-hybridized carbons (Fsp3) is 0.267. The van der Waals surface area contributed by atoms with Crippen LogP contribution in [0.4, 0.5) is 0 Å². The molecule has 0 saturated carbocycles. The number of rotatable bonds is 8. The fourth-order valence-corrected chi connectivity index (χ4v) is 2.11. The zero-order valence-corrected chi connectivity index (χ0v) is 12.1. The van der Waals surface area contributed by atoms with E-state index in [2.05, 4.69) is 4.99 Å². The van der Waals surface area contributed by atoms with E-state index in [4.69, 9.17) is 17.2 Å². The molecule has 7 N–H and O–H groups in total. The Balaban J connectivity index is 3.09. The monoisotopic (exact) mass is 304 g/mol. The van der Waals surface area contributed by atoms with Crippen molar-refractivity contribution < 1.29 is 14.7 Å². The predicted octanol–water partition coefficient (Wildman–Crippen LogP) is 0.191. The van der Waals surface area contributed by atoms with E-state index >= 15 is 0 Å². The molecule has 1 rings (SSSR count). The highest BCUT2D eigenvalue weighted by Gasteiger charge is 2.36. The molecule has 0 aromatic heterocycles. The molecular formula is C15H20N4O3. The first-order valence-electron chi connectivity index (χ1n) is 6.71. The van der Waals surface area contributed by atoms with Crippen molar-refractivity contribution in [1.82, 2.24) is 0 Å². The number of aldehydes is 1. The summed E-state index contributed by atoms with van der Waals surface area (Å²) < 4.78 is 0. The van der Waals surface area contributed by atoms with E-state index in [0.29, 0.717) is 30.4 Å². The lowest BCUT2D eigenvalue weighted by atomic mass is 9.83. The minimum Gasteiger partial charge on any atom is -0.480 e. The summed E-state index contributed by atoms with van der Waals surface area (Å²) in [7, 11) is 0. The number of hydrogen-bond acceptors (Lipinski definition) is 4. The number of nitrogens with zero attached hydrogens (tertiary/aromatic N) is 1. The Hall–Kier alpha value is -2.67. The van der Waals surface area contributed by atoms with Crippen LogP contribution in [-0.4, -0.2) is 29.9 Å². The standard InChI is InChI=1S/C15H20N4O3/c16-14(17)19-9-4-8-15(18,13(21)22)12-7-2-1-5-11(12)6-3-10-20/h1-3,5-7,10H,4,8-9,18H2,(H,21,22)(H4,16,17,19)/b6-3+/t15-/m1/s1. The van der Waals surface area contributed by atoms with E-state index in [1.165, 1.54) is 12.2 Å². The molecule has 0 amide bonds. The minimum atomic E-state index is -1.58. The number of aliphatic imine (C=N–C) groups is 1. The van der Waals surface area contributed by atoms with Crippen molar-refractivity contribution in [3.63, 3.8) is 0 Å². The van der Waals surface area contributed by atoms with E-state index in [0.717, 1.165) is 0 Å². The number of carbonyl (C=O) groups excluding carboxylic acids is 1. The third-order valence-electron chi connectivity index (χ3n) is 3.20. The molecule has 0 bridgehead atoms. The van der Waals surface area contributed by atoms with Crippen molar-refractivity contribution in [2.45, 2.75) is 18.4 Å². The van der Waals surface area contributed by atoms with E-state index < -0.39 is 11.5 Å². The number of guanidine groups is 1. The largest absolute Gasteiger partial charge is 0.480 e. The number of carbonyl (C=O) groups is 2. The van der Waals surface area contributed by atoms with Gasteiger partial charge in [0.25, 0.3) is 0 Å². The maximum absolute atomic E-state index is 11.7. The zero-order valence-electron chi connectivity index (χ0n) is 12.1. The lowest BCUT2D eigenvalue weighted by Crippen LogP contribution is -2.45. The van der Waals surface area contributed by atoms with Crippen LogP contribution < -0.4 is 17.2 Å². The Labute approximate surface area is 128 Å². The van der Waals surface area contributed by atoms with Crippen LogP contribution >= 0.6 is 0 Å². The van der Waals surface area contributed by atoms with Crippen LogP contribution in [0.25, 0.3) is 6.08 Å². The number of carboxylic acids is 1. The van der Waals surface area contributed by atoms with Crippen molar-refractivity contribution in [2.75, 3.05) is 6.54 Å². The maximum Gasteiger partial charge on any atom is 0.328 e. The molecule has 0 fully saturated rings. The summed E-state index contributed by atoms with van der Waals surface area (Å²) in [6.45, 7) is 0.293. The Morgan fingerprint density at radius 3 is 2.59 bits per heavy atom. The fourth-order valence-electron chi connectivity index (χ4n) is 2.11. The first kappa shape index (κ1) is 17.4. The summed E-state index contributed by atoms with van der Waals surface area (Å²) in [4.78, 5) is 26.0. The van der Waals surface area contributed by atoms with Crippen LogP contribution in [0.15, 0.2) is 35.3 Å². The van der Waals surface area contributed by atoms with Gasteiger partial charge in [-0.3, -0.25) is 9.79 Å². The molecule has 0 heterocycles. The van der Waals surface area contributed by atoms with Crippen LogP contribution in [0, 0.1) is 0 Å². The zero-order chi connectivity index (χ0) is 16.6. The van der Waals surface area contributed by atoms with Gasteiger partial charge in [0.2, 0.25) is 0 Å². The molecule has 0 unspecified atom stereocenters. The van der Waals surface area contributed by atoms with Crippen molar-refractivity contribution in [1.29, 1.82) is 0 Å². The maximum atomic E-state index is 11.7. The molecule has 0 saturated heterocycles. The molecule has 118 valence electrons. The second-order valence-electron chi connectivity index (χ2n) is 4.77. The molecular weight excluding hydrogens is 284 g/mol. The smallest absolute Gasteiger partial charge is 0.328 e. The number of aliphatic carboxylic acids is 1. The van der Waals surface area contributed by atoms with Crippen LogP contribution in [0.1, 0.15) is 24.0 Å². The summed E-state index contributed by atoms with van der Waals surface area (Å²) in [5.41, 5.74) is 16.0. The Kier molecular flexibility index (Phi) is 6.27. The number of nitrogens with two attached hydrogens (primary N) is 3. The first-order valence-corrected chi connectivity index (χ1v) is 6.71. The minimum absolute atomic E-state index is 0.0488. The molecule has 0 spiro atoms. The SMILES string of the molecule is NC(N)=NCCC[C@](N)(C(=O)O)c1ccccc1/C=C/C=O. The molecule has 0 aliphatic carbocycles. The number of hydrogen-bond donors (Lipinski definition) is 4. The predicted molar refractivity (Wildman–Crippen MR) is 85.0 cm³/mol. The summed E-state index contributed by atoms with van der Waals surface area (Å²) in [6, 6.07) is 6.79. The van der Waals surface area contributed by atoms with Gasteiger partial charge in [0.1, 0.15) is 11.8 Å². The highest BCUT2D eigenvalue weighted by molar-refractivity contribution is 5.83. The van der Waals surface area contributed by atoms with Gasteiger partial charge in [-0.1, -0.05) is 30.3 Å². The average molecular weight is 304 g/mol. The van der Waals surface area contributed by atoms with Crippen molar-refractivity contribution in [3.8, 4) is 0 Å². The van der Waals surface area contributed by atoms with Gasteiger partial charge >= 0.3 is 5.97 Å². The molecule has 1 aromatic rings. The topological polar surface area (TPSA) is 145 Å². The third-order valence-corrected chi connectivity index (χ3v) is 3.20. The van der Waals surface area contributed by atoms with Crippen LogP contribution in [0.3, 0.4) is 0 Å². The molecule has 1 atom stereocenters. The summed E-state index contributed by atoms with van der Waals surface area (Å²) >= 11 is 0. The quantitative estimate of drug-likeness (QED) is 0.177. The molecule has 7 nitrogen and oxygen atoms in total. The van der Waals surface area contributed by atoms with E-state index in [9.17, 15) is 14.7 Å². The average Bonchev–Trinajstić information content (AvgIpc) is 2.49. The first-order chi connectivity index (χ1) is 10.4. The van der Waals surface area contributed by atoms with Gasteiger partial charge in [-0.15, -0.1) is 0 Å². The van der Waals surface area contributed by atoms with Gasteiger partial charge in [-0.25, -0.2) is 4.79 Å². The van der Waals surface area contributed by atoms with E-state index in [-0.39, 0.29) is 12.4 Å². The number of carboxylic acid groups (broad SMARTS) is 1. The number of allylic oxidation sites excluding steroid dienone is 1. The van der Waals surface area contributed by atoms with Crippen LogP contribution in [-0.2, 0) is 15.1 Å². The molecule has 0 radical (unpaired) electrons. The highest BCUT2D eigenvalue weighted by atomic mass is 16.4. The van der Waals surface area contributed by atoms with Gasteiger partial charge in [0, 0.05) is 6.54 Å². The lowest BCUT2D eigenvalue weighted by molar-refractivity contribution is -0.144. The molecule has 22 heavy (non-hydrogen) atoms. The summed E-state index contributed by atoms with van der Waals surface area (Å²) in [5.74, 6) is -1.20. The van der Waals surface area contributed by atoms with Gasteiger partial charge in [0.15, 0.2) is 5.96 Å². The molecule has 0 aliphatic heterocycles. The van der Waals surface area contributed by atoms with Crippen LogP contribution in [0.5, 0.6) is 0 Å². The Bertz CT molecular complexity index is 594. The molecule has 0 aliphatic rings. The van der Waals surface area contributed by atoms with Gasteiger partial charge in [0.05, 0.1) is 0 Å². The van der Waals surface area contributed by atoms with Crippen LogP contribution in [0.2, 0.25) is 0 Å². The van der Waals surface area contributed by atoms with Gasteiger partial charge in [-0.05, 0) is 30.0 Å². The van der Waals surface area contributed by atoms with E-state index in [1.807, 2.05) is 0 Å². The lowest BCUT2D eigenvalue weighted by Gasteiger charge is -2.26. The van der Waals surface area contributed by atoms with Crippen molar-refractivity contribution in [2.24, 2.45) is 22.2 Å². The highest BCUT2D eigenvalue weighted by Crippen LogP contribution is 2.28. The molecule has 7 heteroatoms. The van der Waals surface area contributed by atoms with Crippen molar-refractivity contribution in [3.05, 3.63) is 41.5 Å².